The summed E-state index contributed by atoms with van der Waals surface area (Å²) < 4.78 is 28.9. The highest BCUT2D eigenvalue weighted by Gasteiger charge is 2.15. The second kappa shape index (κ2) is 8.33. The average Bonchev–Trinajstić information content (AvgIpc) is 2.74. The van der Waals surface area contributed by atoms with Crippen LogP contribution in [0.25, 0.3) is 16.6 Å². The minimum absolute atomic E-state index is 0.0852. The number of nitrogens with one attached hydrogen (secondary N) is 1. The lowest BCUT2D eigenvalue weighted by Crippen LogP contribution is -2.24. The van der Waals surface area contributed by atoms with Crippen molar-refractivity contribution in [1.82, 2.24) is 9.55 Å². The second-order valence-corrected chi connectivity index (χ2v) is 8.75. The van der Waals surface area contributed by atoms with Crippen molar-refractivity contribution >= 4 is 50.1 Å². The van der Waals surface area contributed by atoms with E-state index in [1.807, 2.05) is 0 Å². The molecule has 0 bridgehead atoms. The number of benzene rings is 3. The smallest absolute Gasteiger partial charge is 0.285 e. The molecule has 0 atom stereocenters. The Morgan fingerprint density at radius 2 is 1.62 bits per heavy atom. The molecule has 0 saturated heterocycles. The summed E-state index contributed by atoms with van der Waals surface area (Å²) in [5.41, 5.74) is 11.7. The molecule has 1 heterocycles. The Morgan fingerprint density at radius 3 is 2.28 bits per heavy atom. The highest BCUT2D eigenvalue weighted by molar-refractivity contribution is 7.90. The van der Waals surface area contributed by atoms with Crippen molar-refractivity contribution in [1.29, 1.82) is 0 Å². The molecule has 0 aliphatic carbocycles. The van der Waals surface area contributed by atoms with Crippen LogP contribution >= 0.6 is 11.6 Å². The molecule has 0 amide bonds. The summed E-state index contributed by atoms with van der Waals surface area (Å²) in [6.45, 7) is 0. The van der Waals surface area contributed by atoms with Crippen LogP contribution in [-0.4, -0.2) is 23.9 Å². The lowest BCUT2D eigenvalue weighted by atomic mass is 10.2. The molecule has 0 aliphatic rings. The third-order valence-electron chi connectivity index (χ3n) is 4.49. The van der Waals surface area contributed by atoms with Crippen LogP contribution in [0.15, 0.2) is 86.9 Å². The van der Waals surface area contributed by atoms with Gasteiger partial charge in [-0.05, 0) is 60.7 Å². The predicted molar refractivity (Wildman–Crippen MR) is 125 cm³/mol. The Balaban J connectivity index is 1.81. The maximum Gasteiger partial charge on any atom is 0.285 e. The van der Waals surface area contributed by atoms with E-state index >= 15 is 0 Å². The van der Waals surface area contributed by atoms with Crippen LogP contribution in [0.3, 0.4) is 0 Å². The molecule has 4 rings (SSSR count). The quantitative estimate of drug-likeness (QED) is 0.301. The van der Waals surface area contributed by atoms with Crippen LogP contribution in [0.2, 0.25) is 5.02 Å². The molecule has 5 N–H and O–H groups in total. The maximum absolute atomic E-state index is 13.2. The first kappa shape index (κ1) is 21.3. The number of hydrogen-bond donors (Lipinski definition) is 3. The summed E-state index contributed by atoms with van der Waals surface area (Å²) in [7, 11) is -4.01. The lowest BCUT2D eigenvalue weighted by Gasteiger charge is -2.15. The molecule has 11 heteroatoms. The van der Waals surface area contributed by atoms with E-state index < -0.39 is 16.0 Å². The van der Waals surface area contributed by atoms with Gasteiger partial charge < -0.3 is 16.8 Å². The number of fused-ring (bicyclic) bond motifs is 1. The van der Waals surface area contributed by atoms with E-state index in [2.05, 4.69) is 14.7 Å². The number of guanidine groups is 1. The summed E-state index contributed by atoms with van der Waals surface area (Å²) in [4.78, 5) is 17.7. The van der Waals surface area contributed by atoms with Gasteiger partial charge in [-0.1, -0.05) is 23.7 Å². The maximum atomic E-state index is 13.2. The van der Waals surface area contributed by atoms with Crippen molar-refractivity contribution in [2.24, 2.45) is 15.9 Å². The highest BCUT2D eigenvalue weighted by Crippen LogP contribution is 2.23. The first-order valence-electron chi connectivity index (χ1n) is 9.25. The Morgan fingerprint density at radius 1 is 0.969 bits per heavy atom. The molecular formula is C21H17ClN6O3S. The second-order valence-electron chi connectivity index (χ2n) is 6.71. The van der Waals surface area contributed by atoms with Gasteiger partial charge in [0.1, 0.15) is 0 Å². The zero-order valence-corrected chi connectivity index (χ0v) is 18.0. The van der Waals surface area contributed by atoms with E-state index in [1.54, 1.807) is 48.5 Å². The number of nitrogens with two attached hydrogens (primary N) is 2. The largest absolute Gasteiger partial charge is 0.369 e. The van der Waals surface area contributed by atoms with Gasteiger partial charge in [-0.15, -0.1) is 4.40 Å². The number of hydrogen-bond acceptors (Lipinski definition) is 5. The Bertz CT molecular complexity index is 1490. The zero-order valence-electron chi connectivity index (χ0n) is 16.4. The van der Waals surface area contributed by atoms with Crippen molar-refractivity contribution in [3.8, 4) is 5.69 Å². The SMILES string of the molecule is NC(N)=NS(=O)(=O)c1ccc(Nc2nc3ccccc3c(=O)n2-c2ccc(Cl)cc2)cc1. The number of aromatic nitrogens is 2. The van der Waals surface area contributed by atoms with Gasteiger partial charge in [0, 0.05) is 10.7 Å². The fourth-order valence-corrected chi connectivity index (χ4v) is 4.07. The lowest BCUT2D eigenvalue weighted by molar-refractivity contribution is 0.598. The van der Waals surface area contributed by atoms with Crippen LogP contribution in [-0.2, 0) is 10.0 Å². The standard InChI is InChI=1S/C21H17ClN6O3S/c22-13-5-9-15(10-6-13)28-19(29)17-3-1-2-4-18(17)26-21(28)25-14-7-11-16(12-8-14)32(30,31)27-20(23)24/h1-12H,(H,25,26)(H4,23,24,27). The molecular weight excluding hydrogens is 452 g/mol. The molecule has 0 aliphatic heterocycles. The first-order chi connectivity index (χ1) is 15.2. The van der Waals surface area contributed by atoms with Gasteiger partial charge in [0.2, 0.25) is 11.9 Å². The fourth-order valence-electron chi connectivity index (χ4n) is 3.08. The Kier molecular flexibility index (Phi) is 5.56. The van der Waals surface area contributed by atoms with Crippen LogP contribution in [0, 0.1) is 0 Å². The summed E-state index contributed by atoms with van der Waals surface area (Å²) in [5.74, 6) is -0.310. The van der Waals surface area contributed by atoms with E-state index in [0.717, 1.165) is 0 Å². The molecule has 0 spiro atoms. The number of sulfonamides is 1. The molecule has 1 aromatic heterocycles. The third-order valence-corrected chi connectivity index (χ3v) is 6.07. The first-order valence-corrected chi connectivity index (χ1v) is 11.1. The van der Waals surface area contributed by atoms with Crippen molar-refractivity contribution < 1.29 is 8.42 Å². The number of halogens is 1. The number of anilines is 2. The highest BCUT2D eigenvalue weighted by atomic mass is 35.5. The van der Waals surface area contributed by atoms with E-state index in [-0.39, 0.29) is 16.4 Å². The van der Waals surface area contributed by atoms with Gasteiger partial charge in [0.05, 0.1) is 21.5 Å². The van der Waals surface area contributed by atoms with Crippen molar-refractivity contribution in [3.63, 3.8) is 0 Å². The van der Waals surface area contributed by atoms with Crippen molar-refractivity contribution in [3.05, 3.63) is 88.2 Å². The fraction of sp³-hybridized carbons (Fsp3) is 0. The molecule has 0 radical (unpaired) electrons. The summed E-state index contributed by atoms with van der Waals surface area (Å²) in [5, 5.41) is 4.06. The van der Waals surface area contributed by atoms with Crippen molar-refractivity contribution in [2.45, 2.75) is 4.90 Å². The molecule has 32 heavy (non-hydrogen) atoms. The third kappa shape index (κ3) is 4.27. The summed E-state index contributed by atoms with van der Waals surface area (Å²) >= 11 is 5.99. The average molecular weight is 469 g/mol. The van der Waals surface area contributed by atoms with E-state index in [0.29, 0.717) is 27.3 Å². The summed E-state index contributed by atoms with van der Waals surface area (Å²) in [6.07, 6.45) is 0. The number of rotatable bonds is 5. The zero-order chi connectivity index (χ0) is 22.9. The molecule has 3 aromatic carbocycles. The van der Waals surface area contributed by atoms with Gasteiger partial charge in [-0.25, -0.2) is 9.55 Å². The number of nitrogens with zero attached hydrogens (tertiary/aromatic N) is 3. The molecule has 0 fully saturated rings. The van der Waals surface area contributed by atoms with Crippen LogP contribution < -0.4 is 22.3 Å². The normalized spacial score (nSPS) is 11.3. The summed E-state index contributed by atoms with van der Waals surface area (Å²) in [6, 6.07) is 19.5. The van der Waals surface area contributed by atoms with Crippen LogP contribution in [0.5, 0.6) is 0 Å². The molecule has 4 aromatic rings. The Labute approximate surface area is 188 Å². The van der Waals surface area contributed by atoms with E-state index in [1.165, 1.54) is 28.8 Å². The van der Waals surface area contributed by atoms with Gasteiger partial charge >= 0.3 is 0 Å². The predicted octanol–water partition coefficient (Wildman–Crippen LogP) is 2.74. The number of para-hydroxylation sites is 1. The monoisotopic (exact) mass is 468 g/mol. The molecule has 0 saturated carbocycles. The van der Waals surface area contributed by atoms with Crippen LogP contribution in [0.1, 0.15) is 0 Å². The molecule has 0 unspecified atom stereocenters. The van der Waals surface area contributed by atoms with Gasteiger partial charge in [0.15, 0.2) is 0 Å². The van der Waals surface area contributed by atoms with E-state index in [4.69, 9.17) is 23.1 Å². The topological polar surface area (TPSA) is 145 Å². The molecule has 162 valence electrons. The van der Waals surface area contributed by atoms with Crippen LogP contribution in [0.4, 0.5) is 11.6 Å². The van der Waals surface area contributed by atoms with E-state index in [9.17, 15) is 13.2 Å². The minimum atomic E-state index is -4.01. The van der Waals surface area contributed by atoms with Gasteiger partial charge in [-0.3, -0.25) is 4.79 Å². The molecule has 9 nitrogen and oxygen atoms in total. The van der Waals surface area contributed by atoms with Crippen molar-refractivity contribution in [2.75, 3.05) is 5.32 Å². The van der Waals surface area contributed by atoms with Gasteiger partial charge in [0.25, 0.3) is 15.6 Å². The van der Waals surface area contributed by atoms with Gasteiger partial charge in [-0.2, -0.15) is 8.42 Å². The minimum Gasteiger partial charge on any atom is -0.369 e. The Hall–Kier alpha value is -3.89.